The summed E-state index contributed by atoms with van der Waals surface area (Å²) in [6, 6.07) is 9.93. The van der Waals surface area contributed by atoms with Crippen LogP contribution in [0.5, 0.6) is 0 Å². The van der Waals surface area contributed by atoms with E-state index >= 15 is 0 Å². The van der Waals surface area contributed by atoms with Gasteiger partial charge in [0, 0.05) is 6.08 Å². The van der Waals surface area contributed by atoms with Crippen molar-refractivity contribution >= 4 is 5.97 Å². The number of carbonyl (C=O) groups is 1. The number of aliphatic hydroxyl groups is 1. The van der Waals surface area contributed by atoms with E-state index in [0.717, 1.165) is 6.42 Å². The largest absolute Gasteiger partial charge is 0.452 e. The molecular formula is C13H14O3. The highest BCUT2D eigenvalue weighted by Crippen LogP contribution is 2.14. The van der Waals surface area contributed by atoms with Crippen molar-refractivity contribution < 1.29 is 14.6 Å². The Morgan fingerprint density at radius 2 is 2.06 bits per heavy atom. The molecule has 1 N–H and O–H groups in total. The third-order valence-electron chi connectivity index (χ3n) is 2.63. The molecule has 2 atom stereocenters. The molecule has 0 bridgehead atoms. The van der Waals surface area contributed by atoms with Crippen molar-refractivity contribution in [2.45, 2.75) is 25.0 Å². The number of ether oxygens (including phenoxy) is 1. The molecule has 1 aromatic carbocycles. The second-order valence-corrected chi connectivity index (χ2v) is 3.85. The van der Waals surface area contributed by atoms with E-state index in [1.54, 1.807) is 6.08 Å². The predicted molar refractivity (Wildman–Crippen MR) is 59.8 cm³/mol. The van der Waals surface area contributed by atoms with Crippen LogP contribution in [0.4, 0.5) is 0 Å². The van der Waals surface area contributed by atoms with Crippen LogP contribution in [-0.2, 0) is 16.0 Å². The molecule has 1 aliphatic rings. The molecule has 0 unspecified atom stereocenters. The first-order valence-corrected chi connectivity index (χ1v) is 5.36. The number of carbonyl (C=O) groups excluding carboxylic acids is 1. The summed E-state index contributed by atoms with van der Waals surface area (Å²) in [5.74, 6) is -0.372. The van der Waals surface area contributed by atoms with E-state index < -0.39 is 12.2 Å². The molecule has 1 heterocycles. The van der Waals surface area contributed by atoms with Gasteiger partial charge in [-0.25, -0.2) is 4.79 Å². The van der Waals surface area contributed by atoms with E-state index in [4.69, 9.17) is 4.74 Å². The van der Waals surface area contributed by atoms with Gasteiger partial charge >= 0.3 is 5.97 Å². The Kier molecular flexibility index (Phi) is 3.37. The van der Waals surface area contributed by atoms with E-state index in [9.17, 15) is 9.90 Å². The summed E-state index contributed by atoms with van der Waals surface area (Å²) in [7, 11) is 0. The maximum Gasteiger partial charge on any atom is 0.331 e. The molecule has 84 valence electrons. The quantitative estimate of drug-likeness (QED) is 0.778. The van der Waals surface area contributed by atoms with Crippen molar-refractivity contribution in [3.8, 4) is 0 Å². The number of hydrogen-bond donors (Lipinski definition) is 1. The van der Waals surface area contributed by atoms with Crippen LogP contribution in [0.15, 0.2) is 42.5 Å². The fourth-order valence-electron chi connectivity index (χ4n) is 1.72. The van der Waals surface area contributed by atoms with E-state index in [1.165, 1.54) is 11.6 Å². The molecule has 2 rings (SSSR count). The first kappa shape index (κ1) is 10.9. The average Bonchev–Trinajstić information content (AvgIpc) is 2.74. The van der Waals surface area contributed by atoms with Crippen molar-refractivity contribution in [3.63, 3.8) is 0 Å². The number of hydrogen-bond acceptors (Lipinski definition) is 3. The van der Waals surface area contributed by atoms with Gasteiger partial charge in [0.05, 0.1) is 6.10 Å². The second kappa shape index (κ2) is 4.94. The van der Waals surface area contributed by atoms with Crippen molar-refractivity contribution in [2.75, 3.05) is 0 Å². The molecule has 0 aliphatic carbocycles. The molecule has 0 saturated carbocycles. The monoisotopic (exact) mass is 218 g/mol. The molecule has 0 radical (unpaired) electrons. The Morgan fingerprint density at radius 3 is 2.69 bits per heavy atom. The molecule has 1 aromatic rings. The molecular weight excluding hydrogens is 204 g/mol. The summed E-state index contributed by atoms with van der Waals surface area (Å²) < 4.78 is 4.91. The zero-order valence-electron chi connectivity index (χ0n) is 8.87. The average molecular weight is 218 g/mol. The number of esters is 1. The summed E-state index contributed by atoms with van der Waals surface area (Å²) in [5.41, 5.74) is 1.18. The highest BCUT2D eigenvalue weighted by molar-refractivity contribution is 5.84. The lowest BCUT2D eigenvalue weighted by Crippen LogP contribution is -2.26. The highest BCUT2D eigenvalue weighted by Gasteiger charge is 2.24. The Bertz CT molecular complexity index is 383. The van der Waals surface area contributed by atoms with Crippen LogP contribution in [0.2, 0.25) is 0 Å². The van der Waals surface area contributed by atoms with Gasteiger partial charge in [-0.2, -0.15) is 0 Å². The van der Waals surface area contributed by atoms with Crippen molar-refractivity contribution in [1.82, 2.24) is 0 Å². The minimum absolute atomic E-state index is 0.372. The standard InChI is InChI=1S/C13H14O3/c14-11(12-8-9-13(15)16-12)7-6-10-4-2-1-3-5-10/h1-5,8-9,11-12,14H,6-7H2/t11-,12+/m1/s1. The first-order chi connectivity index (χ1) is 7.75. The van der Waals surface area contributed by atoms with Gasteiger partial charge in [0.15, 0.2) is 0 Å². The van der Waals surface area contributed by atoms with Crippen LogP contribution in [0.25, 0.3) is 0 Å². The Hall–Kier alpha value is -1.61. The fourth-order valence-corrected chi connectivity index (χ4v) is 1.72. The number of benzene rings is 1. The summed E-state index contributed by atoms with van der Waals surface area (Å²) in [4.78, 5) is 10.8. The first-order valence-electron chi connectivity index (χ1n) is 5.36. The normalized spacial score (nSPS) is 20.8. The van der Waals surface area contributed by atoms with Crippen molar-refractivity contribution in [1.29, 1.82) is 0 Å². The minimum atomic E-state index is -0.622. The van der Waals surface area contributed by atoms with Gasteiger partial charge in [-0.1, -0.05) is 30.3 Å². The fraction of sp³-hybridized carbons (Fsp3) is 0.308. The molecule has 0 saturated heterocycles. The smallest absolute Gasteiger partial charge is 0.331 e. The van der Waals surface area contributed by atoms with Crippen LogP contribution in [0, 0.1) is 0 Å². The van der Waals surface area contributed by atoms with Crippen LogP contribution < -0.4 is 0 Å². The maximum atomic E-state index is 10.8. The molecule has 1 aliphatic heterocycles. The van der Waals surface area contributed by atoms with Crippen molar-refractivity contribution in [3.05, 3.63) is 48.0 Å². The number of aliphatic hydroxyl groups excluding tert-OH is 1. The zero-order chi connectivity index (χ0) is 11.4. The second-order valence-electron chi connectivity index (χ2n) is 3.85. The van der Waals surface area contributed by atoms with Crippen molar-refractivity contribution in [2.24, 2.45) is 0 Å². The summed E-state index contributed by atoms with van der Waals surface area (Å²) >= 11 is 0. The van der Waals surface area contributed by atoms with Crippen LogP contribution in [-0.4, -0.2) is 23.3 Å². The Balaban J connectivity index is 1.82. The van der Waals surface area contributed by atoms with E-state index in [1.807, 2.05) is 30.3 Å². The molecule has 0 spiro atoms. The summed E-state index contributed by atoms with van der Waals surface area (Å²) in [5, 5.41) is 9.80. The SMILES string of the molecule is O=C1C=C[C@@H]([C@H](O)CCc2ccccc2)O1. The number of cyclic esters (lactones) is 1. The molecule has 0 aromatic heterocycles. The van der Waals surface area contributed by atoms with Gasteiger partial charge in [0.1, 0.15) is 6.10 Å². The molecule has 16 heavy (non-hydrogen) atoms. The topological polar surface area (TPSA) is 46.5 Å². The van der Waals surface area contributed by atoms with E-state index in [-0.39, 0.29) is 5.97 Å². The predicted octanol–water partition coefficient (Wildman–Crippen LogP) is 1.46. The van der Waals surface area contributed by atoms with Gasteiger partial charge in [-0.15, -0.1) is 0 Å². The van der Waals surface area contributed by atoms with Crippen LogP contribution >= 0.6 is 0 Å². The van der Waals surface area contributed by atoms with Gasteiger partial charge in [0.2, 0.25) is 0 Å². The molecule has 0 fully saturated rings. The number of rotatable bonds is 4. The Morgan fingerprint density at radius 1 is 1.31 bits per heavy atom. The Labute approximate surface area is 94.4 Å². The van der Waals surface area contributed by atoms with Gasteiger partial charge in [-0.3, -0.25) is 0 Å². The van der Waals surface area contributed by atoms with E-state index in [0.29, 0.717) is 6.42 Å². The molecule has 0 amide bonds. The lowest BCUT2D eigenvalue weighted by atomic mass is 10.0. The van der Waals surface area contributed by atoms with Gasteiger partial charge in [-0.05, 0) is 24.5 Å². The third kappa shape index (κ3) is 2.70. The lowest BCUT2D eigenvalue weighted by molar-refractivity contribution is -0.142. The number of aryl methyl sites for hydroxylation is 1. The summed E-state index contributed by atoms with van der Waals surface area (Å²) in [6.07, 6.45) is 3.24. The van der Waals surface area contributed by atoms with Crippen LogP contribution in [0.1, 0.15) is 12.0 Å². The molecule has 3 nitrogen and oxygen atoms in total. The van der Waals surface area contributed by atoms with Gasteiger partial charge < -0.3 is 9.84 Å². The lowest BCUT2D eigenvalue weighted by Gasteiger charge is -2.15. The summed E-state index contributed by atoms with van der Waals surface area (Å²) in [6.45, 7) is 0. The third-order valence-corrected chi connectivity index (χ3v) is 2.63. The maximum absolute atomic E-state index is 10.8. The minimum Gasteiger partial charge on any atom is -0.452 e. The van der Waals surface area contributed by atoms with Crippen LogP contribution in [0.3, 0.4) is 0 Å². The van der Waals surface area contributed by atoms with Gasteiger partial charge in [0.25, 0.3) is 0 Å². The molecule has 3 heteroatoms. The zero-order valence-corrected chi connectivity index (χ0v) is 8.87. The van der Waals surface area contributed by atoms with E-state index in [2.05, 4.69) is 0 Å². The highest BCUT2D eigenvalue weighted by atomic mass is 16.6.